The molecular formula is C20H27N3O2S2. The van der Waals surface area contributed by atoms with Gasteiger partial charge >= 0.3 is 0 Å². The average molecular weight is 406 g/mol. The summed E-state index contributed by atoms with van der Waals surface area (Å²) in [6, 6.07) is 7.52. The van der Waals surface area contributed by atoms with Gasteiger partial charge in [-0.05, 0) is 63.3 Å². The molecule has 0 atom stereocenters. The van der Waals surface area contributed by atoms with Crippen molar-refractivity contribution < 1.29 is 8.42 Å². The molecule has 0 saturated heterocycles. The lowest BCUT2D eigenvalue weighted by Crippen LogP contribution is -2.42. The molecule has 0 spiro atoms. The number of anilines is 1. The highest BCUT2D eigenvalue weighted by atomic mass is 32.2. The van der Waals surface area contributed by atoms with E-state index in [-0.39, 0.29) is 17.0 Å². The molecule has 0 aromatic carbocycles. The van der Waals surface area contributed by atoms with Gasteiger partial charge in [-0.2, -0.15) is 4.31 Å². The van der Waals surface area contributed by atoms with Crippen LogP contribution in [0.1, 0.15) is 39.0 Å². The van der Waals surface area contributed by atoms with E-state index in [1.54, 1.807) is 17.4 Å². The fourth-order valence-electron chi connectivity index (χ4n) is 3.55. The molecule has 3 heterocycles. The molecule has 27 heavy (non-hydrogen) atoms. The molecule has 0 amide bonds. The van der Waals surface area contributed by atoms with Crippen molar-refractivity contribution >= 4 is 32.8 Å². The van der Waals surface area contributed by atoms with E-state index in [1.807, 2.05) is 33.8 Å². The van der Waals surface area contributed by atoms with Crippen LogP contribution in [0, 0.1) is 0 Å². The minimum Gasteiger partial charge on any atom is -0.353 e. The lowest BCUT2D eigenvalue weighted by atomic mass is 10.1. The molecule has 2 aromatic rings. The maximum atomic E-state index is 12.9. The van der Waals surface area contributed by atoms with Gasteiger partial charge in [0.15, 0.2) is 0 Å². The highest BCUT2D eigenvalue weighted by Crippen LogP contribution is 2.28. The van der Waals surface area contributed by atoms with Gasteiger partial charge < -0.3 is 4.90 Å². The van der Waals surface area contributed by atoms with Crippen LogP contribution in [0.5, 0.6) is 0 Å². The van der Waals surface area contributed by atoms with Gasteiger partial charge in [0.1, 0.15) is 10.7 Å². The lowest BCUT2D eigenvalue weighted by molar-refractivity contribution is 0.302. The fraction of sp³-hybridized carbons (Fsp3) is 0.450. The second-order valence-electron chi connectivity index (χ2n) is 7.28. The topological polar surface area (TPSA) is 53.5 Å². The van der Waals surface area contributed by atoms with Crippen LogP contribution in [0.3, 0.4) is 0 Å². The molecule has 1 aliphatic rings. The molecule has 0 radical (unpaired) electrons. The van der Waals surface area contributed by atoms with Crippen LogP contribution in [0.4, 0.5) is 5.82 Å². The van der Waals surface area contributed by atoms with Gasteiger partial charge in [-0.1, -0.05) is 12.1 Å². The quantitative estimate of drug-likeness (QED) is 0.721. The van der Waals surface area contributed by atoms with E-state index in [1.165, 1.54) is 21.0 Å². The fourth-order valence-corrected chi connectivity index (χ4v) is 6.12. The zero-order valence-corrected chi connectivity index (χ0v) is 17.9. The van der Waals surface area contributed by atoms with Crippen LogP contribution in [-0.2, 0) is 10.0 Å². The Kier molecular flexibility index (Phi) is 6.03. The first-order valence-electron chi connectivity index (χ1n) is 9.28. The highest BCUT2D eigenvalue weighted by Gasteiger charge is 2.29. The van der Waals surface area contributed by atoms with Crippen molar-refractivity contribution in [2.24, 2.45) is 0 Å². The summed E-state index contributed by atoms with van der Waals surface area (Å²) in [5.41, 5.74) is 1.38. The van der Waals surface area contributed by atoms with E-state index in [0.29, 0.717) is 0 Å². The second-order valence-corrected chi connectivity index (χ2v) is 10.1. The third-order valence-electron chi connectivity index (χ3n) is 4.68. The van der Waals surface area contributed by atoms with Crippen LogP contribution in [-0.4, -0.2) is 42.9 Å². The molecule has 0 unspecified atom stereocenters. The summed E-state index contributed by atoms with van der Waals surface area (Å²) in [6.45, 7) is 9.24. The van der Waals surface area contributed by atoms with Gasteiger partial charge in [0.2, 0.25) is 10.0 Å². The summed E-state index contributed by atoms with van der Waals surface area (Å²) >= 11 is 1.76. The van der Waals surface area contributed by atoms with Gasteiger partial charge in [-0.15, -0.1) is 11.3 Å². The first-order chi connectivity index (χ1) is 12.8. The molecular weight excluding hydrogens is 378 g/mol. The maximum Gasteiger partial charge on any atom is 0.245 e. The van der Waals surface area contributed by atoms with E-state index in [9.17, 15) is 8.42 Å². The number of hydrogen-bond donors (Lipinski definition) is 0. The van der Waals surface area contributed by atoms with E-state index in [4.69, 9.17) is 0 Å². The zero-order valence-electron chi connectivity index (χ0n) is 16.3. The second kappa shape index (κ2) is 8.12. The molecule has 0 N–H and O–H groups in total. The summed E-state index contributed by atoms with van der Waals surface area (Å²) < 4.78 is 27.4. The minimum atomic E-state index is -3.54. The zero-order chi connectivity index (χ0) is 19.6. The van der Waals surface area contributed by atoms with Gasteiger partial charge in [-0.3, -0.25) is 0 Å². The van der Waals surface area contributed by atoms with Crippen LogP contribution >= 0.6 is 11.3 Å². The van der Waals surface area contributed by atoms with E-state index in [0.717, 1.165) is 25.3 Å². The monoisotopic (exact) mass is 405 g/mol. The van der Waals surface area contributed by atoms with Crippen LogP contribution in [0.25, 0.3) is 5.57 Å². The van der Waals surface area contributed by atoms with Crippen molar-refractivity contribution in [2.75, 3.05) is 18.0 Å². The van der Waals surface area contributed by atoms with E-state index < -0.39 is 10.0 Å². The Labute approximate surface area is 166 Å². The summed E-state index contributed by atoms with van der Waals surface area (Å²) in [6.07, 6.45) is 4.69. The van der Waals surface area contributed by atoms with Gasteiger partial charge in [0, 0.05) is 36.2 Å². The van der Waals surface area contributed by atoms with Gasteiger partial charge in [0.05, 0.1) is 0 Å². The molecule has 3 rings (SSSR count). The smallest absolute Gasteiger partial charge is 0.245 e. The third-order valence-corrected chi connectivity index (χ3v) is 7.87. The SMILES string of the molecule is CC(C)N(C(C)C)S(=O)(=O)c1ccc(N2CC=C(c3cccs3)CC2)nc1. The number of hydrogen-bond acceptors (Lipinski definition) is 5. The van der Waals surface area contributed by atoms with E-state index >= 15 is 0 Å². The van der Waals surface area contributed by atoms with Crippen LogP contribution in [0.15, 0.2) is 46.8 Å². The summed E-state index contributed by atoms with van der Waals surface area (Å²) in [7, 11) is -3.54. The molecule has 0 aliphatic carbocycles. The Balaban J connectivity index is 1.76. The standard InChI is InChI=1S/C20H27N3O2S2/c1-15(2)23(16(3)4)27(24,25)18-7-8-20(21-14-18)22-11-9-17(10-12-22)19-6-5-13-26-19/h5-9,13-16H,10-12H2,1-4H3. The number of sulfonamides is 1. The Hall–Kier alpha value is -1.70. The summed E-state index contributed by atoms with van der Waals surface area (Å²) in [4.78, 5) is 8.20. The highest BCUT2D eigenvalue weighted by molar-refractivity contribution is 7.89. The molecule has 7 heteroatoms. The number of nitrogens with zero attached hydrogens (tertiary/aromatic N) is 3. The largest absolute Gasteiger partial charge is 0.353 e. The molecule has 0 fully saturated rings. The first kappa shape index (κ1) is 20.0. The predicted octanol–water partition coefficient (Wildman–Crippen LogP) is 4.24. The van der Waals surface area contributed by atoms with Crippen molar-refractivity contribution in [1.82, 2.24) is 9.29 Å². The Morgan fingerprint density at radius 1 is 1.15 bits per heavy atom. The minimum absolute atomic E-state index is 0.0995. The Morgan fingerprint density at radius 2 is 1.89 bits per heavy atom. The normalized spacial score (nSPS) is 15.7. The maximum absolute atomic E-state index is 12.9. The Bertz CT molecular complexity index is 878. The molecule has 5 nitrogen and oxygen atoms in total. The summed E-state index contributed by atoms with van der Waals surface area (Å²) in [5.74, 6) is 0.816. The summed E-state index contributed by atoms with van der Waals surface area (Å²) in [5, 5.41) is 2.10. The molecule has 146 valence electrons. The molecule has 1 aliphatic heterocycles. The lowest BCUT2D eigenvalue weighted by Gasteiger charge is -2.30. The molecule has 0 saturated carbocycles. The van der Waals surface area contributed by atoms with E-state index in [2.05, 4.69) is 33.5 Å². The van der Waals surface area contributed by atoms with Crippen molar-refractivity contribution in [3.63, 3.8) is 0 Å². The van der Waals surface area contributed by atoms with Crippen LogP contribution < -0.4 is 4.90 Å². The van der Waals surface area contributed by atoms with Crippen molar-refractivity contribution in [1.29, 1.82) is 0 Å². The van der Waals surface area contributed by atoms with Crippen LogP contribution in [0.2, 0.25) is 0 Å². The van der Waals surface area contributed by atoms with Crippen molar-refractivity contribution in [2.45, 2.75) is 51.1 Å². The van der Waals surface area contributed by atoms with Crippen molar-refractivity contribution in [3.05, 3.63) is 46.8 Å². The number of pyridine rings is 1. The number of aromatic nitrogens is 1. The predicted molar refractivity (Wildman–Crippen MR) is 113 cm³/mol. The van der Waals surface area contributed by atoms with Gasteiger partial charge in [0.25, 0.3) is 0 Å². The van der Waals surface area contributed by atoms with Crippen molar-refractivity contribution in [3.8, 4) is 0 Å². The number of rotatable bonds is 6. The average Bonchev–Trinajstić information content (AvgIpc) is 3.15. The Morgan fingerprint density at radius 3 is 2.37 bits per heavy atom. The third kappa shape index (κ3) is 4.25. The molecule has 0 bridgehead atoms. The number of thiophene rings is 1. The van der Waals surface area contributed by atoms with Gasteiger partial charge in [-0.25, -0.2) is 13.4 Å². The first-order valence-corrected chi connectivity index (χ1v) is 11.6. The molecule has 2 aromatic heterocycles.